The molecule has 1 N–H and O–H groups in total. The highest BCUT2D eigenvalue weighted by Crippen LogP contribution is 2.28. The molecule has 0 aliphatic rings. The fraction of sp³-hybridized carbons (Fsp3) is 0.333. The second kappa shape index (κ2) is 8.47. The Bertz CT molecular complexity index is 583. The molecule has 0 fully saturated rings. The molecule has 2 aromatic carbocycles. The van der Waals surface area contributed by atoms with Gasteiger partial charge >= 0.3 is 0 Å². The SMILES string of the molecule is CCCNCc1cc(Cl)ccc1SCc1cccc(C)c1. The molecule has 0 aromatic heterocycles. The summed E-state index contributed by atoms with van der Waals surface area (Å²) in [4.78, 5) is 1.31. The number of nitrogens with one attached hydrogen (secondary N) is 1. The Balaban J connectivity index is 2.04. The molecule has 1 nitrogen and oxygen atoms in total. The van der Waals surface area contributed by atoms with Gasteiger partial charge in [0.15, 0.2) is 0 Å². The summed E-state index contributed by atoms with van der Waals surface area (Å²) in [7, 11) is 0. The van der Waals surface area contributed by atoms with Crippen LogP contribution in [0.15, 0.2) is 47.4 Å². The van der Waals surface area contributed by atoms with Crippen LogP contribution in [0.2, 0.25) is 5.02 Å². The van der Waals surface area contributed by atoms with Crippen molar-refractivity contribution in [2.45, 2.75) is 37.5 Å². The van der Waals surface area contributed by atoms with E-state index in [9.17, 15) is 0 Å². The summed E-state index contributed by atoms with van der Waals surface area (Å²) in [6.07, 6.45) is 1.15. The molecule has 0 unspecified atom stereocenters. The average Bonchev–Trinajstić information content (AvgIpc) is 2.47. The van der Waals surface area contributed by atoms with Gasteiger partial charge in [0.25, 0.3) is 0 Å². The van der Waals surface area contributed by atoms with Crippen molar-refractivity contribution in [1.82, 2.24) is 5.32 Å². The second-order valence-corrected chi connectivity index (χ2v) is 6.66. The van der Waals surface area contributed by atoms with E-state index >= 15 is 0 Å². The Hall–Kier alpha value is -0.960. The lowest BCUT2D eigenvalue weighted by atomic mass is 10.2. The van der Waals surface area contributed by atoms with Crippen molar-refractivity contribution in [3.8, 4) is 0 Å². The summed E-state index contributed by atoms with van der Waals surface area (Å²) in [5.74, 6) is 0.990. The third-order valence-electron chi connectivity index (χ3n) is 3.24. The number of hydrogen-bond donors (Lipinski definition) is 1. The van der Waals surface area contributed by atoms with Crippen LogP contribution in [0, 0.1) is 6.92 Å². The van der Waals surface area contributed by atoms with Crippen molar-refractivity contribution < 1.29 is 0 Å². The lowest BCUT2D eigenvalue weighted by Gasteiger charge is -2.11. The van der Waals surface area contributed by atoms with Gasteiger partial charge in [-0.3, -0.25) is 0 Å². The third-order valence-corrected chi connectivity index (χ3v) is 4.66. The van der Waals surface area contributed by atoms with Gasteiger partial charge in [-0.05, 0) is 49.2 Å². The first-order valence-corrected chi connectivity index (χ1v) is 8.73. The number of aryl methyl sites for hydroxylation is 1. The monoisotopic (exact) mass is 319 g/mol. The smallest absolute Gasteiger partial charge is 0.0410 e. The van der Waals surface area contributed by atoms with Crippen molar-refractivity contribution >= 4 is 23.4 Å². The summed E-state index contributed by atoms with van der Waals surface area (Å²) < 4.78 is 0. The molecule has 0 aliphatic heterocycles. The first-order valence-electron chi connectivity index (χ1n) is 7.36. The minimum atomic E-state index is 0.809. The number of benzene rings is 2. The van der Waals surface area contributed by atoms with E-state index in [0.717, 1.165) is 30.3 Å². The Labute approximate surface area is 137 Å². The first-order chi connectivity index (χ1) is 10.2. The zero-order valence-corrected chi connectivity index (χ0v) is 14.2. The van der Waals surface area contributed by atoms with Crippen LogP contribution in [0.25, 0.3) is 0 Å². The van der Waals surface area contributed by atoms with E-state index in [4.69, 9.17) is 11.6 Å². The Kier molecular flexibility index (Phi) is 6.62. The van der Waals surface area contributed by atoms with Gasteiger partial charge in [-0.1, -0.05) is 48.4 Å². The van der Waals surface area contributed by atoms with E-state index < -0.39 is 0 Å². The minimum absolute atomic E-state index is 0.809. The fourth-order valence-corrected chi connectivity index (χ4v) is 3.37. The van der Waals surface area contributed by atoms with Crippen LogP contribution in [0.5, 0.6) is 0 Å². The predicted octanol–water partition coefficient (Wildman–Crippen LogP) is 5.44. The van der Waals surface area contributed by atoms with Crippen LogP contribution >= 0.6 is 23.4 Å². The lowest BCUT2D eigenvalue weighted by Crippen LogP contribution is -2.14. The maximum atomic E-state index is 6.13. The third kappa shape index (κ3) is 5.39. The predicted molar refractivity (Wildman–Crippen MR) is 94.2 cm³/mol. The molecule has 0 spiro atoms. The molecule has 3 heteroatoms. The topological polar surface area (TPSA) is 12.0 Å². The van der Waals surface area contributed by atoms with Crippen LogP contribution in [-0.4, -0.2) is 6.54 Å². The number of rotatable bonds is 7. The van der Waals surface area contributed by atoms with E-state index in [0.29, 0.717) is 0 Å². The van der Waals surface area contributed by atoms with Crippen LogP contribution in [-0.2, 0) is 12.3 Å². The fourth-order valence-electron chi connectivity index (χ4n) is 2.19. The van der Waals surface area contributed by atoms with Gasteiger partial charge < -0.3 is 5.32 Å². The minimum Gasteiger partial charge on any atom is -0.313 e. The molecule has 0 aliphatic carbocycles. The summed E-state index contributed by atoms with van der Waals surface area (Å²) in [6.45, 7) is 6.23. The van der Waals surface area contributed by atoms with E-state index in [1.165, 1.54) is 21.6 Å². The molecule has 21 heavy (non-hydrogen) atoms. The van der Waals surface area contributed by atoms with E-state index in [1.54, 1.807) is 0 Å². The van der Waals surface area contributed by atoms with E-state index in [2.05, 4.69) is 55.6 Å². The quantitative estimate of drug-likeness (QED) is 0.538. The van der Waals surface area contributed by atoms with Gasteiger partial charge in [0, 0.05) is 22.2 Å². The molecule has 0 bridgehead atoms. The van der Waals surface area contributed by atoms with Gasteiger partial charge in [0.2, 0.25) is 0 Å². The highest BCUT2D eigenvalue weighted by molar-refractivity contribution is 7.98. The number of thioether (sulfide) groups is 1. The molecule has 0 amide bonds. The number of halogens is 1. The molecule has 0 radical (unpaired) electrons. The molecule has 0 saturated heterocycles. The molecule has 2 rings (SSSR count). The van der Waals surface area contributed by atoms with Crippen LogP contribution in [0.3, 0.4) is 0 Å². The summed E-state index contributed by atoms with van der Waals surface area (Å²) in [5.41, 5.74) is 3.96. The zero-order chi connectivity index (χ0) is 15.1. The van der Waals surface area contributed by atoms with Gasteiger partial charge in [-0.15, -0.1) is 11.8 Å². The largest absolute Gasteiger partial charge is 0.313 e. The van der Waals surface area contributed by atoms with Gasteiger partial charge in [-0.2, -0.15) is 0 Å². The molecule has 0 heterocycles. The van der Waals surface area contributed by atoms with Crippen LogP contribution in [0.4, 0.5) is 0 Å². The lowest BCUT2D eigenvalue weighted by molar-refractivity contribution is 0.669. The number of hydrogen-bond acceptors (Lipinski definition) is 2. The Morgan fingerprint density at radius 3 is 2.76 bits per heavy atom. The van der Waals surface area contributed by atoms with Gasteiger partial charge in [0.05, 0.1) is 0 Å². The maximum absolute atomic E-state index is 6.13. The Morgan fingerprint density at radius 1 is 1.14 bits per heavy atom. The van der Waals surface area contributed by atoms with Crippen molar-refractivity contribution in [3.05, 3.63) is 64.2 Å². The van der Waals surface area contributed by atoms with Gasteiger partial charge in [0.1, 0.15) is 0 Å². The summed E-state index contributed by atoms with van der Waals surface area (Å²) in [5, 5.41) is 4.26. The van der Waals surface area contributed by atoms with E-state index in [-0.39, 0.29) is 0 Å². The summed E-state index contributed by atoms with van der Waals surface area (Å²) >= 11 is 8.01. The van der Waals surface area contributed by atoms with Crippen molar-refractivity contribution in [2.24, 2.45) is 0 Å². The average molecular weight is 320 g/mol. The molecule has 112 valence electrons. The van der Waals surface area contributed by atoms with Gasteiger partial charge in [-0.25, -0.2) is 0 Å². The van der Waals surface area contributed by atoms with Crippen molar-refractivity contribution in [1.29, 1.82) is 0 Å². The molecular weight excluding hydrogens is 298 g/mol. The van der Waals surface area contributed by atoms with Crippen molar-refractivity contribution in [2.75, 3.05) is 6.54 Å². The highest BCUT2D eigenvalue weighted by atomic mass is 35.5. The Morgan fingerprint density at radius 2 is 2.00 bits per heavy atom. The molecular formula is C18H22ClNS. The zero-order valence-electron chi connectivity index (χ0n) is 12.7. The second-order valence-electron chi connectivity index (χ2n) is 5.21. The van der Waals surface area contributed by atoms with Crippen LogP contribution < -0.4 is 5.32 Å². The maximum Gasteiger partial charge on any atom is 0.0410 e. The molecule has 0 atom stereocenters. The molecule has 0 saturated carbocycles. The highest BCUT2D eigenvalue weighted by Gasteiger charge is 2.05. The first kappa shape index (κ1) is 16.4. The van der Waals surface area contributed by atoms with E-state index in [1.807, 2.05) is 17.8 Å². The normalized spacial score (nSPS) is 10.8. The standard InChI is InChI=1S/C18H22ClNS/c1-3-9-20-12-16-11-17(19)7-8-18(16)21-13-15-6-4-5-14(2)10-15/h4-8,10-11,20H,3,9,12-13H2,1-2H3. The van der Waals surface area contributed by atoms with Crippen molar-refractivity contribution in [3.63, 3.8) is 0 Å². The molecule has 2 aromatic rings. The summed E-state index contributed by atoms with van der Waals surface area (Å²) in [6, 6.07) is 14.9. The van der Waals surface area contributed by atoms with Crippen LogP contribution in [0.1, 0.15) is 30.0 Å².